The molecule has 1 aliphatic carbocycles. The average Bonchev–Trinajstić information content (AvgIpc) is 3.09. The molecule has 36 heavy (non-hydrogen) atoms. The maximum Gasteiger partial charge on any atom is 0.417 e. The van der Waals surface area contributed by atoms with E-state index in [1.165, 1.54) is 26.0 Å². The Morgan fingerprint density at radius 2 is 1.64 bits per heavy atom. The second-order valence-electron chi connectivity index (χ2n) is 9.97. The van der Waals surface area contributed by atoms with E-state index in [9.17, 15) is 34.4 Å². The van der Waals surface area contributed by atoms with E-state index in [0.29, 0.717) is 18.3 Å². The molecular weight excluding hydrogens is 522 g/mol. The molecule has 0 amide bonds. The normalized spacial score (nSPS) is 16.4. The Bertz CT molecular complexity index is 1330. The van der Waals surface area contributed by atoms with Crippen LogP contribution in [0.15, 0.2) is 34.1 Å². The third kappa shape index (κ3) is 6.29. The molecule has 1 heterocycles. The minimum Gasteiger partial charge on any atom is -0.343 e. The van der Waals surface area contributed by atoms with Gasteiger partial charge in [0.05, 0.1) is 16.0 Å². The van der Waals surface area contributed by atoms with Crippen molar-refractivity contribution in [1.82, 2.24) is 9.29 Å². The number of rotatable bonds is 8. The maximum absolute atomic E-state index is 14.0. The zero-order valence-electron chi connectivity index (χ0n) is 20.3. The lowest BCUT2D eigenvalue weighted by Gasteiger charge is -2.25. The van der Waals surface area contributed by atoms with Crippen molar-refractivity contribution in [2.75, 3.05) is 6.67 Å². The van der Waals surface area contributed by atoms with Gasteiger partial charge in [-0.05, 0) is 63.3 Å². The Kier molecular flexibility index (Phi) is 8.00. The average molecular weight is 554 g/mol. The highest BCUT2D eigenvalue weighted by Gasteiger charge is 2.39. The number of sulfonamides is 2. The van der Waals surface area contributed by atoms with Gasteiger partial charge in [-0.3, -0.25) is 0 Å². The van der Waals surface area contributed by atoms with Crippen molar-refractivity contribution in [1.29, 1.82) is 0 Å². The molecule has 0 bridgehead atoms. The first-order valence-electron chi connectivity index (χ1n) is 11.5. The van der Waals surface area contributed by atoms with Crippen LogP contribution in [0.5, 0.6) is 0 Å². The summed E-state index contributed by atoms with van der Waals surface area (Å²) >= 11 is 0. The minimum atomic E-state index is -5.06. The van der Waals surface area contributed by atoms with E-state index in [2.05, 4.69) is 0 Å². The predicted octanol–water partition coefficient (Wildman–Crippen LogP) is 4.74. The van der Waals surface area contributed by atoms with Crippen LogP contribution >= 0.6 is 0 Å². The fourth-order valence-electron chi connectivity index (χ4n) is 4.60. The SMILES string of the molecule is Cc1c(S(N)(=O)=O)cc(-c2ccc(S(=O)(=O)NC(C)(C)CF)c(C(F)(F)F)c2)n1CC1CCCCC1. The molecule has 0 radical (unpaired) electrons. The number of benzene rings is 1. The third-order valence-electron chi connectivity index (χ3n) is 6.41. The highest BCUT2D eigenvalue weighted by Crippen LogP contribution is 2.39. The fraction of sp³-hybridized carbons (Fsp3) is 0.565. The molecule has 1 fully saturated rings. The van der Waals surface area contributed by atoms with Crippen molar-refractivity contribution in [3.63, 3.8) is 0 Å². The monoisotopic (exact) mass is 553 g/mol. The highest BCUT2D eigenvalue weighted by atomic mass is 32.2. The number of primary sulfonamides is 1. The molecule has 202 valence electrons. The largest absolute Gasteiger partial charge is 0.417 e. The number of hydrogen-bond donors (Lipinski definition) is 2. The molecule has 1 aromatic carbocycles. The third-order valence-corrected chi connectivity index (χ3v) is 9.19. The molecule has 13 heteroatoms. The van der Waals surface area contributed by atoms with Crippen LogP contribution in [0.1, 0.15) is 57.2 Å². The molecule has 1 saturated carbocycles. The van der Waals surface area contributed by atoms with Gasteiger partial charge in [0, 0.05) is 17.9 Å². The summed E-state index contributed by atoms with van der Waals surface area (Å²) in [7, 11) is -8.90. The molecule has 0 saturated heterocycles. The van der Waals surface area contributed by atoms with E-state index >= 15 is 0 Å². The van der Waals surface area contributed by atoms with E-state index in [1.54, 1.807) is 11.5 Å². The second kappa shape index (κ2) is 10.1. The lowest BCUT2D eigenvalue weighted by molar-refractivity contribution is -0.139. The van der Waals surface area contributed by atoms with E-state index in [0.717, 1.165) is 38.2 Å². The summed E-state index contributed by atoms with van der Waals surface area (Å²) in [5, 5.41) is 5.36. The van der Waals surface area contributed by atoms with E-state index in [1.807, 2.05) is 4.72 Å². The molecule has 0 atom stereocenters. The van der Waals surface area contributed by atoms with Crippen LogP contribution in [0, 0.1) is 12.8 Å². The number of halogens is 4. The van der Waals surface area contributed by atoms with Crippen molar-refractivity contribution in [2.45, 2.75) is 80.9 Å². The van der Waals surface area contributed by atoms with Gasteiger partial charge in [-0.2, -0.15) is 13.2 Å². The van der Waals surface area contributed by atoms with E-state index in [-0.39, 0.29) is 22.1 Å². The maximum atomic E-state index is 14.0. The molecule has 0 spiro atoms. The van der Waals surface area contributed by atoms with Crippen LogP contribution in [0.3, 0.4) is 0 Å². The van der Waals surface area contributed by atoms with Crippen LogP contribution in [-0.2, 0) is 32.8 Å². The summed E-state index contributed by atoms with van der Waals surface area (Å²) < 4.78 is 109. The van der Waals surface area contributed by atoms with Gasteiger partial charge in [0.25, 0.3) is 0 Å². The first-order chi connectivity index (χ1) is 16.5. The van der Waals surface area contributed by atoms with Crippen LogP contribution < -0.4 is 9.86 Å². The number of aromatic nitrogens is 1. The molecule has 0 unspecified atom stereocenters. The van der Waals surface area contributed by atoms with Gasteiger partial charge >= 0.3 is 6.18 Å². The van der Waals surface area contributed by atoms with Crippen molar-refractivity contribution in [3.8, 4) is 11.3 Å². The Morgan fingerprint density at radius 1 is 1.03 bits per heavy atom. The number of nitrogens with one attached hydrogen (secondary N) is 1. The molecule has 7 nitrogen and oxygen atoms in total. The smallest absolute Gasteiger partial charge is 0.343 e. The minimum absolute atomic E-state index is 0.0140. The summed E-state index contributed by atoms with van der Waals surface area (Å²) in [6.45, 7) is 3.22. The van der Waals surface area contributed by atoms with Gasteiger partial charge < -0.3 is 4.57 Å². The van der Waals surface area contributed by atoms with Crippen LogP contribution in [0.25, 0.3) is 11.3 Å². The molecule has 2 aromatic rings. The lowest BCUT2D eigenvalue weighted by atomic mass is 9.89. The summed E-state index contributed by atoms with van der Waals surface area (Å²) in [5.41, 5.74) is -2.58. The van der Waals surface area contributed by atoms with Gasteiger partial charge in [-0.25, -0.2) is 31.1 Å². The summed E-state index contributed by atoms with van der Waals surface area (Å²) in [4.78, 5) is -1.25. The molecule has 0 aliphatic heterocycles. The zero-order chi connectivity index (χ0) is 27.1. The zero-order valence-corrected chi connectivity index (χ0v) is 22.0. The molecule has 1 aliphatic rings. The molecule has 3 N–H and O–H groups in total. The Labute approximate surface area is 209 Å². The molecule has 3 rings (SSSR count). The van der Waals surface area contributed by atoms with Crippen molar-refractivity contribution < 1.29 is 34.4 Å². The number of nitrogens with zero attached hydrogens (tertiary/aromatic N) is 1. The standard InChI is InChI=1S/C23H31F4N3O4S2/c1-15-21(35(28,31)32)12-19(30(15)13-16-7-5-4-6-8-16)17-9-10-20(18(11-17)23(25,26)27)36(33,34)29-22(2,3)14-24/h9-12,16,29H,4-8,13-14H2,1-3H3,(H2,28,31,32). The van der Waals surface area contributed by atoms with Crippen LogP contribution in [0.4, 0.5) is 17.6 Å². The van der Waals surface area contributed by atoms with Crippen molar-refractivity contribution >= 4 is 20.0 Å². The Hall–Kier alpha value is -1.96. The number of nitrogens with two attached hydrogens (primary N) is 1. The van der Waals surface area contributed by atoms with E-state index in [4.69, 9.17) is 5.14 Å². The van der Waals surface area contributed by atoms with Gasteiger partial charge in [0.1, 0.15) is 11.6 Å². The predicted molar refractivity (Wildman–Crippen MR) is 128 cm³/mol. The van der Waals surface area contributed by atoms with Crippen molar-refractivity contribution in [2.24, 2.45) is 11.1 Å². The fourth-order valence-corrected chi connectivity index (χ4v) is 7.00. The van der Waals surface area contributed by atoms with Crippen LogP contribution in [0.2, 0.25) is 0 Å². The Morgan fingerprint density at radius 3 is 2.17 bits per heavy atom. The van der Waals surface area contributed by atoms with Crippen LogP contribution in [-0.4, -0.2) is 33.6 Å². The summed E-state index contributed by atoms with van der Waals surface area (Å²) in [6.07, 6.45) is -0.135. The van der Waals surface area contributed by atoms with Gasteiger partial charge in [0.2, 0.25) is 20.0 Å². The van der Waals surface area contributed by atoms with Gasteiger partial charge in [-0.15, -0.1) is 0 Å². The molecule has 1 aromatic heterocycles. The number of hydrogen-bond acceptors (Lipinski definition) is 4. The van der Waals surface area contributed by atoms with Gasteiger partial charge in [0.15, 0.2) is 0 Å². The molecular formula is C23H31F4N3O4S2. The van der Waals surface area contributed by atoms with E-state index < -0.39 is 48.9 Å². The summed E-state index contributed by atoms with van der Waals surface area (Å²) in [6, 6.07) is 3.89. The first-order valence-corrected chi connectivity index (χ1v) is 14.5. The quantitative estimate of drug-likeness (QED) is 0.460. The number of alkyl halides is 4. The summed E-state index contributed by atoms with van der Waals surface area (Å²) in [5.74, 6) is 0.214. The second-order valence-corrected chi connectivity index (χ2v) is 13.2. The van der Waals surface area contributed by atoms with Crippen molar-refractivity contribution in [3.05, 3.63) is 35.5 Å². The van der Waals surface area contributed by atoms with Gasteiger partial charge in [-0.1, -0.05) is 25.3 Å². The lowest BCUT2D eigenvalue weighted by Crippen LogP contribution is -2.45. The first kappa shape index (κ1) is 28.6. The Balaban J connectivity index is 2.19. The highest BCUT2D eigenvalue weighted by molar-refractivity contribution is 7.89. The topological polar surface area (TPSA) is 111 Å².